The van der Waals surface area contributed by atoms with Gasteiger partial charge in [0.25, 0.3) is 0 Å². The molecule has 0 spiro atoms. The summed E-state index contributed by atoms with van der Waals surface area (Å²) in [6.45, 7) is 3.92. The Bertz CT molecular complexity index is 554. The standard InChI is InChI=1S/C13H18BrNO4S/c1-9(2)3-8-12(13(16)17)15-20(18,19)11-6-4-10(14)5-7-11/h4-7,9,12,15H,3,8H2,1-2H3,(H,16,17). The topological polar surface area (TPSA) is 83.5 Å². The zero-order valence-corrected chi connectivity index (χ0v) is 13.7. The van der Waals surface area contributed by atoms with Crippen LogP contribution in [0.3, 0.4) is 0 Å². The third kappa shape index (κ3) is 5.22. The molecule has 0 bridgehead atoms. The molecule has 5 nitrogen and oxygen atoms in total. The van der Waals surface area contributed by atoms with Gasteiger partial charge in [-0.05, 0) is 43.0 Å². The van der Waals surface area contributed by atoms with Gasteiger partial charge in [0.15, 0.2) is 0 Å². The van der Waals surface area contributed by atoms with Crippen LogP contribution in [0.25, 0.3) is 0 Å². The van der Waals surface area contributed by atoms with Crippen molar-refractivity contribution in [3.8, 4) is 0 Å². The van der Waals surface area contributed by atoms with E-state index in [1.807, 2.05) is 13.8 Å². The van der Waals surface area contributed by atoms with Gasteiger partial charge in [0.2, 0.25) is 10.0 Å². The summed E-state index contributed by atoms with van der Waals surface area (Å²) >= 11 is 3.22. The first-order valence-electron chi connectivity index (χ1n) is 6.23. The highest BCUT2D eigenvalue weighted by Crippen LogP contribution is 2.16. The van der Waals surface area contributed by atoms with Gasteiger partial charge in [-0.3, -0.25) is 4.79 Å². The molecular formula is C13H18BrNO4S. The van der Waals surface area contributed by atoms with E-state index < -0.39 is 22.0 Å². The smallest absolute Gasteiger partial charge is 0.321 e. The van der Waals surface area contributed by atoms with E-state index in [9.17, 15) is 13.2 Å². The van der Waals surface area contributed by atoms with Crippen LogP contribution in [-0.2, 0) is 14.8 Å². The number of nitrogens with one attached hydrogen (secondary N) is 1. The zero-order chi connectivity index (χ0) is 15.3. The lowest BCUT2D eigenvalue weighted by molar-refractivity contribution is -0.139. The SMILES string of the molecule is CC(C)CCC(NS(=O)(=O)c1ccc(Br)cc1)C(=O)O. The molecule has 2 N–H and O–H groups in total. The van der Waals surface area contributed by atoms with Crippen molar-refractivity contribution >= 4 is 31.9 Å². The van der Waals surface area contributed by atoms with E-state index in [0.717, 1.165) is 4.47 Å². The number of rotatable bonds is 7. The number of aliphatic carboxylic acids is 1. The summed E-state index contributed by atoms with van der Waals surface area (Å²) in [7, 11) is -3.82. The predicted molar refractivity (Wildman–Crippen MR) is 80.0 cm³/mol. The third-order valence-electron chi connectivity index (χ3n) is 2.75. The number of carboxylic acids is 1. The highest BCUT2D eigenvalue weighted by molar-refractivity contribution is 9.10. The maximum absolute atomic E-state index is 12.1. The first-order chi connectivity index (χ1) is 9.22. The van der Waals surface area contributed by atoms with Crippen LogP contribution < -0.4 is 4.72 Å². The molecule has 1 aromatic carbocycles. The van der Waals surface area contributed by atoms with E-state index in [-0.39, 0.29) is 11.3 Å². The molecule has 0 aromatic heterocycles. The number of benzene rings is 1. The summed E-state index contributed by atoms with van der Waals surface area (Å²) in [6.07, 6.45) is 0.905. The van der Waals surface area contributed by atoms with E-state index in [0.29, 0.717) is 12.3 Å². The average Bonchev–Trinajstić information content (AvgIpc) is 2.34. The molecule has 1 unspecified atom stereocenters. The Kier molecular flexibility index (Phi) is 6.16. The van der Waals surface area contributed by atoms with Crippen LogP contribution in [0, 0.1) is 5.92 Å². The van der Waals surface area contributed by atoms with Crippen molar-refractivity contribution in [2.75, 3.05) is 0 Å². The normalized spacial score (nSPS) is 13.4. The van der Waals surface area contributed by atoms with Gasteiger partial charge in [0, 0.05) is 4.47 Å². The lowest BCUT2D eigenvalue weighted by Crippen LogP contribution is -2.40. The summed E-state index contributed by atoms with van der Waals surface area (Å²) in [4.78, 5) is 11.2. The van der Waals surface area contributed by atoms with Crippen LogP contribution >= 0.6 is 15.9 Å². The van der Waals surface area contributed by atoms with Crippen LogP contribution in [0.15, 0.2) is 33.6 Å². The highest BCUT2D eigenvalue weighted by Gasteiger charge is 2.25. The number of hydrogen-bond acceptors (Lipinski definition) is 3. The van der Waals surface area contributed by atoms with Crippen molar-refractivity contribution in [1.82, 2.24) is 4.72 Å². The monoisotopic (exact) mass is 363 g/mol. The Labute approximate surface area is 127 Å². The number of halogens is 1. The van der Waals surface area contributed by atoms with Gasteiger partial charge >= 0.3 is 5.97 Å². The summed E-state index contributed by atoms with van der Waals surface area (Å²) in [5.41, 5.74) is 0. The summed E-state index contributed by atoms with van der Waals surface area (Å²) in [5.74, 6) is -0.847. The van der Waals surface area contributed by atoms with Gasteiger partial charge in [0.05, 0.1) is 4.90 Å². The molecule has 20 heavy (non-hydrogen) atoms. The molecule has 0 saturated carbocycles. The Morgan fingerprint density at radius 1 is 1.25 bits per heavy atom. The van der Waals surface area contributed by atoms with Crippen molar-refractivity contribution < 1.29 is 18.3 Å². The molecule has 0 saturated heterocycles. The maximum atomic E-state index is 12.1. The molecule has 0 amide bonds. The fourth-order valence-corrected chi connectivity index (χ4v) is 3.09. The second kappa shape index (κ2) is 7.19. The molecule has 7 heteroatoms. The molecule has 0 aliphatic rings. The molecule has 1 aromatic rings. The number of hydrogen-bond donors (Lipinski definition) is 2. The molecule has 0 radical (unpaired) electrons. The van der Waals surface area contributed by atoms with Crippen LogP contribution in [0.5, 0.6) is 0 Å². The molecule has 0 fully saturated rings. The average molecular weight is 364 g/mol. The Morgan fingerprint density at radius 2 is 1.80 bits per heavy atom. The second-order valence-corrected chi connectivity index (χ2v) is 7.57. The Morgan fingerprint density at radius 3 is 2.25 bits per heavy atom. The molecular weight excluding hydrogens is 346 g/mol. The number of carbonyl (C=O) groups is 1. The van der Waals surface area contributed by atoms with Gasteiger partial charge in [-0.25, -0.2) is 8.42 Å². The van der Waals surface area contributed by atoms with Gasteiger partial charge in [-0.15, -0.1) is 0 Å². The highest BCUT2D eigenvalue weighted by atomic mass is 79.9. The van der Waals surface area contributed by atoms with E-state index in [1.54, 1.807) is 12.1 Å². The van der Waals surface area contributed by atoms with Crippen molar-refractivity contribution in [1.29, 1.82) is 0 Å². The summed E-state index contributed by atoms with van der Waals surface area (Å²) < 4.78 is 27.2. The minimum absolute atomic E-state index is 0.0523. The molecule has 0 heterocycles. The fourth-order valence-electron chi connectivity index (χ4n) is 1.60. The minimum atomic E-state index is -3.82. The molecule has 0 aliphatic heterocycles. The maximum Gasteiger partial charge on any atom is 0.321 e. The second-order valence-electron chi connectivity index (χ2n) is 4.94. The van der Waals surface area contributed by atoms with E-state index in [1.165, 1.54) is 12.1 Å². The number of sulfonamides is 1. The Balaban J connectivity index is 2.86. The van der Waals surface area contributed by atoms with E-state index >= 15 is 0 Å². The molecule has 1 atom stereocenters. The molecule has 1 rings (SSSR count). The zero-order valence-electron chi connectivity index (χ0n) is 11.3. The molecule has 112 valence electrons. The summed E-state index contributed by atoms with van der Waals surface area (Å²) in [5, 5.41) is 9.11. The predicted octanol–water partition coefficient (Wildman–Crippen LogP) is 2.62. The Hall–Kier alpha value is -0.920. The van der Waals surface area contributed by atoms with Crippen molar-refractivity contribution in [3.05, 3.63) is 28.7 Å². The van der Waals surface area contributed by atoms with Crippen LogP contribution in [0.2, 0.25) is 0 Å². The lowest BCUT2D eigenvalue weighted by atomic mass is 10.0. The lowest BCUT2D eigenvalue weighted by Gasteiger charge is -2.15. The van der Waals surface area contributed by atoms with E-state index in [4.69, 9.17) is 5.11 Å². The van der Waals surface area contributed by atoms with Crippen LogP contribution in [0.4, 0.5) is 0 Å². The van der Waals surface area contributed by atoms with E-state index in [2.05, 4.69) is 20.7 Å². The largest absolute Gasteiger partial charge is 0.480 e. The molecule has 0 aliphatic carbocycles. The van der Waals surface area contributed by atoms with Crippen molar-refractivity contribution in [2.45, 2.75) is 37.6 Å². The van der Waals surface area contributed by atoms with Gasteiger partial charge < -0.3 is 5.11 Å². The number of carboxylic acid groups (broad SMARTS) is 1. The minimum Gasteiger partial charge on any atom is -0.480 e. The van der Waals surface area contributed by atoms with Crippen LogP contribution in [-0.4, -0.2) is 25.5 Å². The van der Waals surface area contributed by atoms with Gasteiger partial charge in [-0.1, -0.05) is 29.8 Å². The van der Waals surface area contributed by atoms with Crippen molar-refractivity contribution in [2.24, 2.45) is 5.92 Å². The first kappa shape index (κ1) is 17.1. The third-order valence-corrected chi connectivity index (χ3v) is 4.77. The quantitative estimate of drug-likeness (QED) is 0.779. The van der Waals surface area contributed by atoms with Crippen LogP contribution in [0.1, 0.15) is 26.7 Å². The first-order valence-corrected chi connectivity index (χ1v) is 8.50. The fraction of sp³-hybridized carbons (Fsp3) is 0.462. The summed E-state index contributed by atoms with van der Waals surface area (Å²) in [6, 6.07) is 4.93. The van der Waals surface area contributed by atoms with Gasteiger partial charge in [0.1, 0.15) is 6.04 Å². The van der Waals surface area contributed by atoms with Crippen molar-refractivity contribution in [3.63, 3.8) is 0 Å². The van der Waals surface area contributed by atoms with Gasteiger partial charge in [-0.2, -0.15) is 4.72 Å².